The van der Waals surface area contributed by atoms with Crippen molar-refractivity contribution in [1.29, 1.82) is 5.26 Å². The van der Waals surface area contributed by atoms with Crippen LogP contribution in [0.1, 0.15) is 5.56 Å². The third-order valence-electron chi connectivity index (χ3n) is 1.66. The van der Waals surface area contributed by atoms with Crippen LogP contribution in [0.5, 0.6) is 0 Å². The molecule has 14 heavy (non-hydrogen) atoms. The first kappa shape index (κ1) is 10.0. The van der Waals surface area contributed by atoms with Crippen molar-refractivity contribution in [3.05, 3.63) is 29.8 Å². The first-order valence-corrected chi connectivity index (χ1v) is 3.82. The van der Waals surface area contributed by atoms with Gasteiger partial charge in [-0.1, -0.05) is 12.1 Å². The molecule has 0 fully saturated rings. The highest BCUT2D eigenvalue weighted by atomic mass is 16.5. The number of rotatable bonds is 1. The van der Waals surface area contributed by atoms with Gasteiger partial charge < -0.3 is 4.74 Å². The standard InChI is InChI=1S/C9H9N3O2/c1-14-9(13)12(11)8-5-3-2-4-7(8)6-10/h2-5H,11H2,1H3. The molecule has 72 valence electrons. The van der Waals surface area contributed by atoms with Crippen LogP contribution in [0.15, 0.2) is 24.3 Å². The summed E-state index contributed by atoms with van der Waals surface area (Å²) in [5.74, 6) is 5.43. The van der Waals surface area contributed by atoms with Gasteiger partial charge in [0.15, 0.2) is 0 Å². The Morgan fingerprint density at radius 2 is 2.21 bits per heavy atom. The number of hydrogen-bond donors (Lipinski definition) is 1. The SMILES string of the molecule is COC(=O)N(N)c1ccccc1C#N. The number of nitrogens with two attached hydrogens (primary N) is 1. The van der Waals surface area contributed by atoms with Gasteiger partial charge in [0.2, 0.25) is 0 Å². The number of ether oxygens (including phenoxy) is 1. The molecular formula is C9H9N3O2. The van der Waals surface area contributed by atoms with E-state index in [-0.39, 0.29) is 0 Å². The maximum Gasteiger partial charge on any atom is 0.428 e. The van der Waals surface area contributed by atoms with Crippen molar-refractivity contribution < 1.29 is 9.53 Å². The minimum atomic E-state index is -0.715. The van der Waals surface area contributed by atoms with Crippen LogP contribution in [0.4, 0.5) is 10.5 Å². The first-order valence-electron chi connectivity index (χ1n) is 3.82. The highest BCUT2D eigenvalue weighted by Gasteiger charge is 2.14. The fraction of sp³-hybridized carbons (Fsp3) is 0.111. The molecule has 0 spiro atoms. The van der Waals surface area contributed by atoms with E-state index in [1.54, 1.807) is 24.3 Å². The van der Waals surface area contributed by atoms with E-state index in [4.69, 9.17) is 11.1 Å². The second-order valence-corrected chi connectivity index (χ2v) is 2.47. The van der Waals surface area contributed by atoms with Crippen LogP contribution < -0.4 is 10.9 Å². The highest BCUT2D eigenvalue weighted by molar-refractivity contribution is 5.87. The van der Waals surface area contributed by atoms with Gasteiger partial charge in [0, 0.05) is 0 Å². The van der Waals surface area contributed by atoms with Crippen LogP contribution in [-0.4, -0.2) is 13.2 Å². The molecule has 0 aliphatic rings. The van der Waals surface area contributed by atoms with Gasteiger partial charge in [-0.05, 0) is 12.1 Å². The number of para-hydroxylation sites is 1. The Labute approximate surface area is 81.3 Å². The topological polar surface area (TPSA) is 79.3 Å². The summed E-state index contributed by atoms with van der Waals surface area (Å²) >= 11 is 0. The number of benzene rings is 1. The van der Waals surface area contributed by atoms with Crippen LogP contribution in [0, 0.1) is 11.3 Å². The third kappa shape index (κ3) is 1.81. The maximum atomic E-state index is 11.0. The summed E-state index contributed by atoms with van der Waals surface area (Å²) < 4.78 is 4.42. The van der Waals surface area contributed by atoms with E-state index in [2.05, 4.69) is 4.74 Å². The molecule has 0 aromatic heterocycles. The largest absolute Gasteiger partial charge is 0.452 e. The lowest BCUT2D eigenvalue weighted by molar-refractivity contribution is 0.178. The highest BCUT2D eigenvalue weighted by Crippen LogP contribution is 2.16. The normalized spacial score (nSPS) is 8.93. The third-order valence-corrected chi connectivity index (χ3v) is 1.66. The van der Waals surface area contributed by atoms with Gasteiger partial charge >= 0.3 is 6.09 Å². The molecule has 0 bridgehead atoms. The molecule has 1 amide bonds. The van der Waals surface area contributed by atoms with Gasteiger partial charge in [-0.15, -0.1) is 0 Å². The molecule has 0 aliphatic heterocycles. The van der Waals surface area contributed by atoms with Crippen molar-refractivity contribution in [3.63, 3.8) is 0 Å². The van der Waals surface area contributed by atoms with Crippen molar-refractivity contribution in [1.82, 2.24) is 0 Å². The summed E-state index contributed by atoms with van der Waals surface area (Å²) in [7, 11) is 1.22. The molecule has 1 aromatic carbocycles. The summed E-state index contributed by atoms with van der Waals surface area (Å²) in [6.45, 7) is 0. The second kappa shape index (κ2) is 4.25. The van der Waals surface area contributed by atoms with Gasteiger partial charge in [0.05, 0.1) is 18.4 Å². The number of anilines is 1. The average Bonchev–Trinajstić information content (AvgIpc) is 2.26. The molecule has 1 aromatic rings. The zero-order valence-electron chi connectivity index (χ0n) is 7.60. The summed E-state index contributed by atoms with van der Waals surface area (Å²) in [5.41, 5.74) is 0.641. The number of methoxy groups -OCH3 is 1. The van der Waals surface area contributed by atoms with Crippen molar-refractivity contribution in [2.24, 2.45) is 5.84 Å². The maximum absolute atomic E-state index is 11.0. The lowest BCUT2D eigenvalue weighted by atomic mass is 10.2. The number of amides is 1. The summed E-state index contributed by atoms with van der Waals surface area (Å²) in [6, 6.07) is 8.43. The minimum Gasteiger partial charge on any atom is -0.452 e. The van der Waals surface area contributed by atoms with E-state index in [0.29, 0.717) is 11.3 Å². The Bertz CT molecular complexity index is 384. The van der Waals surface area contributed by atoms with Crippen LogP contribution in [0.3, 0.4) is 0 Å². The Kier molecular flexibility index (Phi) is 3.05. The lowest BCUT2D eigenvalue weighted by Gasteiger charge is -2.15. The number of carbonyl (C=O) groups excluding carboxylic acids is 1. The fourth-order valence-corrected chi connectivity index (χ4v) is 0.975. The molecule has 0 radical (unpaired) electrons. The van der Waals surface area contributed by atoms with Crippen LogP contribution in [0.25, 0.3) is 0 Å². The monoisotopic (exact) mass is 191 g/mol. The summed E-state index contributed by atoms with van der Waals surface area (Å²) in [6.07, 6.45) is -0.715. The minimum absolute atomic E-state index is 0.320. The molecule has 0 saturated carbocycles. The average molecular weight is 191 g/mol. The summed E-state index contributed by atoms with van der Waals surface area (Å²) in [4.78, 5) is 11.0. The number of nitriles is 1. The van der Waals surface area contributed by atoms with Crippen molar-refractivity contribution in [2.45, 2.75) is 0 Å². The van der Waals surface area contributed by atoms with Crippen LogP contribution in [-0.2, 0) is 4.74 Å². The molecule has 5 heteroatoms. The van der Waals surface area contributed by atoms with Gasteiger partial charge in [0.1, 0.15) is 6.07 Å². The van der Waals surface area contributed by atoms with Crippen molar-refractivity contribution in [3.8, 4) is 6.07 Å². The van der Waals surface area contributed by atoms with Crippen molar-refractivity contribution >= 4 is 11.8 Å². The quantitative estimate of drug-likeness (QED) is 0.408. The van der Waals surface area contributed by atoms with E-state index < -0.39 is 6.09 Å². The molecule has 0 heterocycles. The number of hydrogen-bond acceptors (Lipinski definition) is 4. The Morgan fingerprint density at radius 1 is 1.57 bits per heavy atom. The molecule has 5 nitrogen and oxygen atoms in total. The zero-order chi connectivity index (χ0) is 10.6. The predicted molar refractivity (Wildman–Crippen MR) is 50.2 cm³/mol. The zero-order valence-corrected chi connectivity index (χ0v) is 7.60. The molecule has 0 unspecified atom stereocenters. The molecule has 1 rings (SSSR count). The van der Waals surface area contributed by atoms with E-state index >= 15 is 0 Å². The Morgan fingerprint density at radius 3 is 2.79 bits per heavy atom. The molecule has 0 saturated heterocycles. The van der Waals surface area contributed by atoms with Gasteiger partial charge in [-0.2, -0.15) is 5.26 Å². The number of nitrogens with zero attached hydrogens (tertiary/aromatic N) is 2. The van der Waals surface area contributed by atoms with Crippen LogP contribution in [0.2, 0.25) is 0 Å². The molecule has 0 atom stereocenters. The molecular weight excluding hydrogens is 182 g/mol. The number of carbonyl (C=O) groups is 1. The van der Waals surface area contributed by atoms with E-state index in [9.17, 15) is 4.79 Å². The Hall–Kier alpha value is -2.06. The van der Waals surface area contributed by atoms with E-state index in [1.807, 2.05) is 6.07 Å². The smallest absolute Gasteiger partial charge is 0.428 e. The molecule has 0 aliphatic carbocycles. The van der Waals surface area contributed by atoms with Crippen LogP contribution >= 0.6 is 0 Å². The molecule has 2 N–H and O–H groups in total. The second-order valence-electron chi connectivity index (χ2n) is 2.47. The fourth-order valence-electron chi connectivity index (χ4n) is 0.975. The van der Waals surface area contributed by atoms with E-state index in [1.165, 1.54) is 7.11 Å². The predicted octanol–water partition coefficient (Wildman–Crippen LogP) is 1.00. The van der Waals surface area contributed by atoms with Gasteiger partial charge in [0.25, 0.3) is 0 Å². The van der Waals surface area contributed by atoms with Gasteiger partial charge in [-0.25, -0.2) is 15.6 Å². The summed E-state index contributed by atoms with van der Waals surface area (Å²) in [5, 5.41) is 9.53. The Balaban J connectivity index is 3.07. The lowest BCUT2D eigenvalue weighted by Crippen LogP contribution is -2.37. The van der Waals surface area contributed by atoms with E-state index in [0.717, 1.165) is 5.01 Å². The number of hydrazine groups is 1. The van der Waals surface area contributed by atoms with Gasteiger partial charge in [-0.3, -0.25) is 0 Å². The van der Waals surface area contributed by atoms with Crippen molar-refractivity contribution in [2.75, 3.05) is 12.1 Å². The first-order chi connectivity index (χ1) is 6.70.